The van der Waals surface area contributed by atoms with E-state index in [4.69, 9.17) is 4.74 Å². The molecule has 1 heteroatoms. The Balaban J connectivity index is 1.80. The molecule has 2 saturated carbocycles. The lowest BCUT2D eigenvalue weighted by Gasteiger charge is -2.54. The van der Waals surface area contributed by atoms with Crippen LogP contribution in [-0.2, 0) is 5.41 Å². The van der Waals surface area contributed by atoms with E-state index in [0.717, 1.165) is 17.6 Å². The van der Waals surface area contributed by atoms with Crippen LogP contribution in [0.1, 0.15) is 49.7 Å². The summed E-state index contributed by atoms with van der Waals surface area (Å²) in [6.45, 7) is 0. The summed E-state index contributed by atoms with van der Waals surface area (Å²) in [5.41, 5.74) is 3.19. The fourth-order valence-corrected chi connectivity index (χ4v) is 6.27. The lowest BCUT2D eigenvalue weighted by atomic mass is 9.49. The molecule has 0 atom stereocenters. The second-order valence-electron chi connectivity index (χ2n) is 8.38. The van der Waals surface area contributed by atoms with Gasteiger partial charge < -0.3 is 4.74 Å². The zero-order valence-electron chi connectivity index (χ0n) is 16.2. The predicted molar refractivity (Wildman–Crippen MR) is 112 cm³/mol. The third-order valence-corrected chi connectivity index (χ3v) is 7.30. The highest BCUT2D eigenvalue weighted by molar-refractivity contribution is 5.87. The molecule has 2 aliphatic carbocycles. The van der Waals surface area contributed by atoms with Crippen molar-refractivity contribution in [2.75, 3.05) is 7.11 Å². The molecular weight excluding hydrogens is 328 g/mol. The number of methoxy groups -OCH3 is 1. The average Bonchev–Trinajstić information content (AvgIpc) is 2.72. The van der Waals surface area contributed by atoms with Crippen LogP contribution in [0.15, 0.2) is 66.7 Å². The van der Waals surface area contributed by atoms with Crippen molar-refractivity contribution in [1.29, 1.82) is 0 Å². The number of hydrogen-bond acceptors (Lipinski definition) is 1. The van der Waals surface area contributed by atoms with Gasteiger partial charge in [0.15, 0.2) is 0 Å². The van der Waals surface area contributed by atoms with Gasteiger partial charge in [0.2, 0.25) is 0 Å². The molecule has 0 aliphatic heterocycles. The second kappa shape index (κ2) is 6.71. The van der Waals surface area contributed by atoms with Gasteiger partial charge in [-0.15, -0.1) is 0 Å². The Kier molecular flexibility index (Phi) is 4.19. The van der Waals surface area contributed by atoms with Crippen LogP contribution in [-0.4, -0.2) is 7.11 Å². The van der Waals surface area contributed by atoms with Crippen molar-refractivity contribution >= 4 is 10.8 Å². The Hall–Kier alpha value is -2.28. The van der Waals surface area contributed by atoms with E-state index in [9.17, 15) is 0 Å². The van der Waals surface area contributed by atoms with Gasteiger partial charge in [0.25, 0.3) is 0 Å². The molecule has 0 unspecified atom stereocenters. The maximum atomic E-state index is 5.46. The summed E-state index contributed by atoms with van der Waals surface area (Å²) in [5, 5.41) is 2.81. The van der Waals surface area contributed by atoms with Crippen LogP contribution < -0.4 is 4.74 Å². The lowest BCUT2D eigenvalue weighted by Crippen LogP contribution is -2.49. The molecule has 0 radical (unpaired) electrons. The summed E-state index contributed by atoms with van der Waals surface area (Å²) in [7, 11) is 1.75. The number of ether oxygens (including phenoxy) is 1. The molecule has 0 N–H and O–H groups in total. The molecule has 0 heterocycles. The molecule has 138 valence electrons. The van der Waals surface area contributed by atoms with Crippen LogP contribution in [0.2, 0.25) is 0 Å². The van der Waals surface area contributed by atoms with Crippen LogP contribution in [0, 0.1) is 11.8 Å². The first-order chi connectivity index (χ1) is 13.3. The van der Waals surface area contributed by atoms with Crippen LogP contribution in [0.4, 0.5) is 0 Å². The summed E-state index contributed by atoms with van der Waals surface area (Å²) in [6, 6.07) is 24.9. The number of hydrogen-bond donors (Lipinski definition) is 0. The summed E-state index contributed by atoms with van der Waals surface area (Å²) in [5.74, 6) is 2.43. The van der Waals surface area contributed by atoms with Crippen LogP contribution in [0.5, 0.6) is 5.75 Å². The molecule has 5 rings (SSSR count). The highest BCUT2D eigenvalue weighted by Gasteiger charge is 2.52. The van der Waals surface area contributed by atoms with Gasteiger partial charge in [-0.05, 0) is 71.6 Å². The molecule has 27 heavy (non-hydrogen) atoms. The van der Waals surface area contributed by atoms with Crippen molar-refractivity contribution in [2.24, 2.45) is 11.8 Å². The summed E-state index contributed by atoms with van der Waals surface area (Å²) in [4.78, 5) is 0. The van der Waals surface area contributed by atoms with Gasteiger partial charge in [-0.2, -0.15) is 0 Å². The van der Waals surface area contributed by atoms with E-state index in [1.165, 1.54) is 54.9 Å². The summed E-state index contributed by atoms with van der Waals surface area (Å²) in [6.07, 6.45) is 8.19. The molecule has 0 spiro atoms. The normalized spacial score (nSPS) is 27.4. The van der Waals surface area contributed by atoms with E-state index in [0.29, 0.717) is 0 Å². The zero-order chi connectivity index (χ0) is 18.3. The highest BCUT2D eigenvalue weighted by atomic mass is 16.5. The van der Waals surface area contributed by atoms with Gasteiger partial charge in [-0.25, -0.2) is 0 Å². The smallest absolute Gasteiger partial charge is 0.118 e. The van der Waals surface area contributed by atoms with E-state index >= 15 is 0 Å². The Morgan fingerprint density at radius 3 is 2.04 bits per heavy atom. The van der Waals surface area contributed by atoms with E-state index < -0.39 is 0 Å². The summed E-state index contributed by atoms with van der Waals surface area (Å²) < 4.78 is 5.46. The SMILES string of the molecule is COc1ccc(C2(c3cccc4ccccc34)C3CCCC2CCC3)cc1. The predicted octanol–water partition coefficient (Wildman–Crippen LogP) is 6.73. The molecule has 0 saturated heterocycles. The minimum Gasteiger partial charge on any atom is -0.497 e. The maximum Gasteiger partial charge on any atom is 0.118 e. The quantitative estimate of drug-likeness (QED) is 0.505. The van der Waals surface area contributed by atoms with E-state index in [1.54, 1.807) is 12.7 Å². The number of benzene rings is 3. The Bertz CT molecular complexity index is 913. The minimum atomic E-state index is 0.142. The zero-order valence-corrected chi connectivity index (χ0v) is 16.2. The molecule has 0 amide bonds. The molecule has 3 aromatic carbocycles. The monoisotopic (exact) mass is 356 g/mol. The molecule has 2 bridgehead atoms. The minimum absolute atomic E-state index is 0.142. The highest BCUT2D eigenvalue weighted by Crippen LogP contribution is 2.59. The average molecular weight is 357 g/mol. The van der Waals surface area contributed by atoms with Crippen molar-refractivity contribution in [1.82, 2.24) is 0 Å². The molecule has 2 aliphatic rings. The first kappa shape index (κ1) is 16.9. The van der Waals surface area contributed by atoms with Crippen LogP contribution in [0.25, 0.3) is 10.8 Å². The number of fused-ring (bicyclic) bond motifs is 3. The third-order valence-electron chi connectivity index (χ3n) is 7.30. The van der Waals surface area contributed by atoms with Gasteiger partial charge in [-0.3, -0.25) is 0 Å². The van der Waals surface area contributed by atoms with Crippen molar-refractivity contribution in [3.63, 3.8) is 0 Å². The van der Waals surface area contributed by atoms with Crippen molar-refractivity contribution < 1.29 is 4.74 Å². The van der Waals surface area contributed by atoms with E-state index in [-0.39, 0.29) is 5.41 Å². The van der Waals surface area contributed by atoms with Crippen LogP contribution in [0.3, 0.4) is 0 Å². The van der Waals surface area contributed by atoms with Gasteiger partial charge in [0.1, 0.15) is 5.75 Å². The standard InChI is InChI=1S/C26H28O/c1-27-23-17-15-22(16-18-23)26(20-9-5-10-21(26)12-6-11-20)25-14-4-8-19-7-2-3-13-24(19)25/h2-4,7-8,13-18,20-21H,5-6,9-12H2,1H3. The first-order valence-corrected chi connectivity index (χ1v) is 10.5. The molecule has 2 fully saturated rings. The second-order valence-corrected chi connectivity index (χ2v) is 8.38. The lowest BCUT2D eigenvalue weighted by molar-refractivity contribution is 0.0848. The maximum absolute atomic E-state index is 5.46. The molecule has 1 nitrogen and oxygen atoms in total. The van der Waals surface area contributed by atoms with E-state index in [1.807, 2.05) is 0 Å². The third kappa shape index (κ3) is 2.51. The van der Waals surface area contributed by atoms with Gasteiger partial charge in [0.05, 0.1) is 7.11 Å². The van der Waals surface area contributed by atoms with Crippen molar-refractivity contribution in [3.8, 4) is 5.75 Å². The van der Waals surface area contributed by atoms with Crippen LogP contribution >= 0.6 is 0 Å². The molecule has 3 aromatic rings. The van der Waals surface area contributed by atoms with Crippen molar-refractivity contribution in [2.45, 2.75) is 43.9 Å². The summed E-state index contributed by atoms with van der Waals surface area (Å²) >= 11 is 0. The first-order valence-electron chi connectivity index (χ1n) is 10.5. The topological polar surface area (TPSA) is 9.23 Å². The van der Waals surface area contributed by atoms with E-state index in [2.05, 4.69) is 66.7 Å². The largest absolute Gasteiger partial charge is 0.497 e. The fourth-order valence-electron chi connectivity index (χ4n) is 6.27. The van der Waals surface area contributed by atoms with Gasteiger partial charge >= 0.3 is 0 Å². The Labute approximate surface area is 162 Å². The fraction of sp³-hybridized carbons (Fsp3) is 0.385. The van der Waals surface area contributed by atoms with Gasteiger partial charge in [0, 0.05) is 5.41 Å². The Morgan fingerprint density at radius 2 is 1.37 bits per heavy atom. The number of rotatable bonds is 3. The molecular formula is C26H28O. The molecule has 0 aromatic heterocycles. The Morgan fingerprint density at radius 1 is 0.741 bits per heavy atom. The van der Waals surface area contributed by atoms with Crippen molar-refractivity contribution in [3.05, 3.63) is 77.9 Å². The van der Waals surface area contributed by atoms with Gasteiger partial charge in [-0.1, -0.05) is 67.4 Å².